The zero-order valence-electron chi connectivity index (χ0n) is 12.7. The van der Waals surface area contributed by atoms with Crippen LogP contribution in [0.15, 0.2) is 41.1 Å². The summed E-state index contributed by atoms with van der Waals surface area (Å²) in [6.07, 6.45) is 0.620. The Kier molecular flexibility index (Phi) is 5.46. The molecule has 6 nitrogen and oxygen atoms in total. The van der Waals surface area contributed by atoms with E-state index in [9.17, 15) is 20.0 Å². The highest BCUT2D eigenvalue weighted by Crippen LogP contribution is 2.22. The maximum atomic E-state index is 11.9. The molecule has 0 bridgehead atoms. The van der Waals surface area contributed by atoms with Crippen LogP contribution in [0.4, 0.5) is 5.69 Å². The summed E-state index contributed by atoms with van der Waals surface area (Å²) in [5, 5.41) is 27.5. The van der Waals surface area contributed by atoms with Crippen LogP contribution in [0.1, 0.15) is 24.5 Å². The van der Waals surface area contributed by atoms with Gasteiger partial charge >= 0.3 is 0 Å². The molecule has 23 heavy (non-hydrogen) atoms. The summed E-state index contributed by atoms with van der Waals surface area (Å²) in [4.78, 5) is 22.2. The molecule has 0 aliphatic heterocycles. The van der Waals surface area contributed by atoms with E-state index in [2.05, 4.69) is 5.32 Å². The van der Waals surface area contributed by atoms with E-state index >= 15 is 0 Å². The van der Waals surface area contributed by atoms with Crippen LogP contribution in [0.5, 0.6) is 0 Å². The summed E-state index contributed by atoms with van der Waals surface area (Å²) in [5.74, 6) is -0.202. The number of nitro groups is 1. The van der Waals surface area contributed by atoms with Gasteiger partial charge in [-0.15, -0.1) is 0 Å². The molecule has 0 radical (unpaired) electrons. The number of nitrogens with one attached hydrogen (secondary N) is 1. The third-order valence-corrected chi connectivity index (χ3v) is 4.22. The van der Waals surface area contributed by atoms with Gasteiger partial charge in [-0.05, 0) is 41.3 Å². The van der Waals surface area contributed by atoms with Crippen LogP contribution >= 0.6 is 11.3 Å². The summed E-state index contributed by atoms with van der Waals surface area (Å²) in [5.41, 5.74) is 0.407. The van der Waals surface area contributed by atoms with E-state index in [1.54, 1.807) is 19.1 Å². The maximum absolute atomic E-state index is 11.9. The largest absolute Gasteiger partial charge is 0.384 e. The van der Waals surface area contributed by atoms with Crippen molar-refractivity contribution in [1.82, 2.24) is 5.32 Å². The zero-order chi connectivity index (χ0) is 16.9. The first-order valence-corrected chi connectivity index (χ1v) is 8.08. The van der Waals surface area contributed by atoms with Gasteiger partial charge in [0.25, 0.3) is 5.69 Å². The highest BCUT2D eigenvalue weighted by Gasteiger charge is 2.24. The Hall–Kier alpha value is -2.25. The van der Waals surface area contributed by atoms with Crippen molar-refractivity contribution in [2.45, 2.75) is 25.4 Å². The van der Waals surface area contributed by atoms with Gasteiger partial charge in [0, 0.05) is 18.6 Å². The Morgan fingerprint density at radius 1 is 1.43 bits per heavy atom. The van der Waals surface area contributed by atoms with Crippen molar-refractivity contribution in [3.8, 4) is 0 Å². The number of carbonyl (C=O) groups excluding carboxylic acids is 1. The topological polar surface area (TPSA) is 92.5 Å². The maximum Gasteiger partial charge on any atom is 0.269 e. The van der Waals surface area contributed by atoms with E-state index in [0.717, 1.165) is 11.1 Å². The average molecular weight is 334 g/mol. The van der Waals surface area contributed by atoms with Crippen molar-refractivity contribution in [3.63, 3.8) is 0 Å². The van der Waals surface area contributed by atoms with Gasteiger partial charge in [-0.25, -0.2) is 0 Å². The fourth-order valence-electron chi connectivity index (χ4n) is 2.12. The first-order valence-electron chi connectivity index (χ1n) is 7.13. The van der Waals surface area contributed by atoms with Gasteiger partial charge in [-0.3, -0.25) is 14.9 Å². The zero-order valence-corrected chi connectivity index (χ0v) is 13.5. The Balaban J connectivity index is 1.84. The van der Waals surface area contributed by atoms with Crippen LogP contribution in [0.25, 0.3) is 0 Å². The van der Waals surface area contributed by atoms with Crippen molar-refractivity contribution in [3.05, 3.63) is 62.3 Å². The average Bonchev–Trinajstić information content (AvgIpc) is 3.06. The van der Waals surface area contributed by atoms with Crippen molar-refractivity contribution < 1.29 is 14.8 Å². The lowest BCUT2D eigenvalue weighted by atomic mass is 9.99. The van der Waals surface area contributed by atoms with Gasteiger partial charge in [-0.2, -0.15) is 11.3 Å². The minimum Gasteiger partial charge on any atom is -0.384 e. The van der Waals surface area contributed by atoms with E-state index in [0.29, 0.717) is 6.42 Å². The first kappa shape index (κ1) is 17.1. The number of rotatable bonds is 7. The molecule has 2 aromatic rings. The van der Waals surface area contributed by atoms with Crippen molar-refractivity contribution in [1.29, 1.82) is 0 Å². The molecule has 1 unspecified atom stereocenters. The molecule has 1 atom stereocenters. The van der Waals surface area contributed by atoms with Crippen LogP contribution in [0.2, 0.25) is 0 Å². The molecule has 1 amide bonds. The molecule has 0 saturated carbocycles. The SMILES string of the molecule is CC(O)(CNC(=O)CCc1cccc([N+](=O)[O-])c1)c1ccsc1. The molecular formula is C16H18N2O4S. The van der Waals surface area contributed by atoms with Crippen LogP contribution in [0.3, 0.4) is 0 Å². The highest BCUT2D eigenvalue weighted by molar-refractivity contribution is 7.08. The van der Waals surface area contributed by atoms with E-state index in [4.69, 9.17) is 0 Å². The van der Waals surface area contributed by atoms with Gasteiger partial charge in [-0.1, -0.05) is 12.1 Å². The number of carbonyl (C=O) groups is 1. The van der Waals surface area contributed by atoms with E-state index in [1.165, 1.54) is 23.5 Å². The van der Waals surface area contributed by atoms with Crippen LogP contribution < -0.4 is 5.32 Å². The molecule has 1 aromatic carbocycles. The monoisotopic (exact) mass is 334 g/mol. The van der Waals surface area contributed by atoms with Gasteiger partial charge in [0.05, 0.1) is 11.5 Å². The van der Waals surface area contributed by atoms with Crippen LogP contribution in [0, 0.1) is 10.1 Å². The normalized spacial score (nSPS) is 13.3. The Bertz CT molecular complexity index is 683. The summed E-state index contributed by atoms with van der Waals surface area (Å²) in [7, 11) is 0. The molecule has 0 spiro atoms. The standard InChI is InChI=1S/C16H18N2O4S/c1-16(20,13-7-8-23-10-13)11-17-15(19)6-5-12-3-2-4-14(9-12)18(21)22/h2-4,7-10,20H,5-6,11H2,1H3,(H,17,19). The van der Waals surface area contributed by atoms with Gasteiger partial charge < -0.3 is 10.4 Å². The molecule has 1 heterocycles. The van der Waals surface area contributed by atoms with Crippen molar-refractivity contribution >= 4 is 22.9 Å². The molecule has 0 aliphatic carbocycles. The Morgan fingerprint density at radius 3 is 2.87 bits per heavy atom. The fraction of sp³-hybridized carbons (Fsp3) is 0.312. The lowest BCUT2D eigenvalue weighted by Gasteiger charge is -2.22. The smallest absolute Gasteiger partial charge is 0.269 e. The molecule has 122 valence electrons. The molecular weight excluding hydrogens is 316 g/mol. The molecule has 0 fully saturated rings. The number of aryl methyl sites for hydroxylation is 1. The number of thiophene rings is 1. The molecule has 7 heteroatoms. The molecule has 0 saturated heterocycles. The quantitative estimate of drug-likeness (QED) is 0.601. The second kappa shape index (κ2) is 7.34. The number of benzene rings is 1. The summed E-state index contributed by atoms with van der Waals surface area (Å²) in [6.45, 7) is 1.77. The van der Waals surface area contributed by atoms with E-state index < -0.39 is 10.5 Å². The summed E-state index contributed by atoms with van der Waals surface area (Å²) < 4.78 is 0. The van der Waals surface area contributed by atoms with Crippen LogP contribution in [-0.4, -0.2) is 22.5 Å². The van der Waals surface area contributed by atoms with Crippen LogP contribution in [-0.2, 0) is 16.8 Å². The summed E-state index contributed by atoms with van der Waals surface area (Å²) in [6, 6.07) is 8.06. The van der Waals surface area contributed by atoms with Gasteiger partial charge in [0.15, 0.2) is 0 Å². The van der Waals surface area contributed by atoms with E-state index in [-0.39, 0.29) is 24.6 Å². The molecule has 1 aromatic heterocycles. The number of non-ortho nitro benzene ring substituents is 1. The van der Waals surface area contributed by atoms with Crippen molar-refractivity contribution in [2.24, 2.45) is 0 Å². The molecule has 2 rings (SSSR count). The lowest BCUT2D eigenvalue weighted by Crippen LogP contribution is -2.38. The Labute approximate surface area is 137 Å². The third-order valence-electron chi connectivity index (χ3n) is 3.53. The number of amides is 1. The molecule has 2 N–H and O–H groups in total. The predicted molar refractivity (Wildman–Crippen MR) is 88.3 cm³/mol. The van der Waals surface area contributed by atoms with E-state index in [1.807, 2.05) is 16.8 Å². The van der Waals surface area contributed by atoms with Crippen molar-refractivity contribution in [2.75, 3.05) is 6.54 Å². The minimum absolute atomic E-state index is 0.0169. The minimum atomic E-state index is -1.11. The fourth-order valence-corrected chi connectivity index (χ4v) is 2.90. The second-order valence-electron chi connectivity index (χ2n) is 5.49. The predicted octanol–water partition coefficient (Wildman–Crippen LogP) is 2.61. The van der Waals surface area contributed by atoms with Gasteiger partial charge in [0.2, 0.25) is 5.91 Å². The summed E-state index contributed by atoms with van der Waals surface area (Å²) >= 11 is 1.48. The number of aliphatic hydroxyl groups is 1. The lowest BCUT2D eigenvalue weighted by molar-refractivity contribution is -0.384. The number of nitrogens with zero attached hydrogens (tertiary/aromatic N) is 1. The first-order chi connectivity index (χ1) is 10.9. The highest BCUT2D eigenvalue weighted by atomic mass is 32.1. The molecule has 0 aliphatic rings. The number of hydrogen-bond acceptors (Lipinski definition) is 5. The Morgan fingerprint density at radius 2 is 2.22 bits per heavy atom. The number of hydrogen-bond donors (Lipinski definition) is 2. The third kappa shape index (κ3) is 4.87. The van der Waals surface area contributed by atoms with Gasteiger partial charge in [0.1, 0.15) is 5.60 Å². The second-order valence-corrected chi connectivity index (χ2v) is 6.27. The number of nitro benzene ring substituents is 1.